The van der Waals surface area contributed by atoms with E-state index in [0.29, 0.717) is 11.5 Å². The van der Waals surface area contributed by atoms with Crippen molar-refractivity contribution >= 4 is 12.4 Å². The van der Waals surface area contributed by atoms with E-state index in [2.05, 4.69) is 103 Å². The van der Waals surface area contributed by atoms with Crippen LogP contribution in [0.1, 0.15) is 128 Å². The van der Waals surface area contributed by atoms with Gasteiger partial charge in [0, 0.05) is 47.8 Å². The Kier molecular flexibility index (Phi) is 12.6. The summed E-state index contributed by atoms with van der Waals surface area (Å²) in [6.07, 6.45) is 7.93. The zero-order valence-corrected chi connectivity index (χ0v) is 29.4. The van der Waals surface area contributed by atoms with Crippen molar-refractivity contribution in [2.75, 3.05) is 26.2 Å². The predicted molar refractivity (Wildman–Crippen MR) is 188 cm³/mol. The van der Waals surface area contributed by atoms with E-state index in [9.17, 15) is 10.2 Å². The quantitative estimate of drug-likeness (QED) is 0.240. The zero-order chi connectivity index (χ0) is 32.7. The molecule has 6 nitrogen and oxygen atoms in total. The van der Waals surface area contributed by atoms with Crippen molar-refractivity contribution in [3.63, 3.8) is 0 Å². The molecule has 44 heavy (non-hydrogen) atoms. The molecule has 2 aromatic carbocycles. The van der Waals surface area contributed by atoms with Crippen LogP contribution in [0.5, 0.6) is 11.5 Å². The summed E-state index contributed by atoms with van der Waals surface area (Å²) in [5.41, 5.74) is 5.51. The number of aliphatic imine (C=N–C) groups is 2. The SMILES string of the molecule is CCN(CC)Cc1cc(C=N[C@@H]2CCCC[C@H]2N=Cc2cc(CN(CC)CC)cc(C(C)(C)C)c2O)c(O)c(C(C)(C)C)c1. The lowest BCUT2D eigenvalue weighted by Crippen LogP contribution is -2.27. The number of rotatable bonds is 12. The largest absolute Gasteiger partial charge is 0.507 e. The summed E-state index contributed by atoms with van der Waals surface area (Å²) >= 11 is 0. The topological polar surface area (TPSA) is 71.7 Å². The summed E-state index contributed by atoms with van der Waals surface area (Å²) in [6.45, 7) is 27.3. The van der Waals surface area contributed by atoms with Gasteiger partial charge in [0.1, 0.15) is 11.5 Å². The average Bonchev–Trinajstić information content (AvgIpc) is 2.97. The van der Waals surface area contributed by atoms with Gasteiger partial charge in [0.05, 0.1) is 12.1 Å². The van der Waals surface area contributed by atoms with Gasteiger partial charge < -0.3 is 10.2 Å². The normalized spacial score (nSPS) is 18.4. The van der Waals surface area contributed by atoms with Gasteiger partial charge in [0.2, 0.25) is 0 Å². The number of benzene rings is 2. The second-order valence-corrected chi connectivity index (χ2v) is 14.6. The van der Waals surface area contributed by atoms with Crippen LogP contribution in [0.4, 0.5) is 0 Å². The van der Waals surface area contributed by atoms with Crippen molar-refractivity contribution in [1.82, 2.24) is 9.80 Å². The van der Waals surface area contributed by atoms with E-state index in [1.807, 2.05) is 12.4 Å². The molecule has 1 saturated carbocycles. The molecule has 1 fully saturated rings. The van der Waals surface area contributed by atoms with Crippen LogP contribution in [-0.2, 0) is 23.9 Å². The van der Waals surface area contributed by atoms with Gasteiger partial charge in [-0.3, -0.25) is 19.8 Å². The minimum absolute atomic E-state index is 0.0343. The predicted octanol–water partition coefficient (Wildman–Crippen LogP) is 8.23. The average molecular weight is 605 g/mol. The maximum Gasteiger partial charge on any atom is 0.128 e. The van der Waals surface area contributed by atoms with Crippen molar-refractivity contribution in [2.45, 2.75) is 131 Å². The van der Waals surface area contributed by atoms with E-state index in [0.717, 1.165) is 87.2 Å². The van der Waals surface area contributed by atoms with Crippen molar-refractivity contribution in [2.24, 2.45) is 9.98 Å². The van der Waals surface area contributed by atoms with Crippen molar-refractivity contribution in [3.05, 3.63) is 57.6 Å². The van der Waals surface area contributed by atoms with Crippen LogP contribution < -0.4 is 0 Å². The Labute approximate surface area is 268 Å². The van der Waals surface area contributed by atoms with E-state index >= 15 is 0 Å². The minimum Gasteiger partial charge on any atom is -0.507 e. The molecular weight excluding hydrogens is 544 g/mol. The van der Waals surface area contributed by atoms with E-state index in [1.165, 1.54) is 11.1 Å². The van der Waals surface area contributed by atoms with Gasteiger partial charge in [-0.1, -0.05) is 94.2 Å². The lowest BCUT2D eigenvalue weighted by Gasteiger charge is -2.27. The third-order valence-electron chi connectivity index (χ3n) is 9.12. The van der Waals surface area contributed by atoms with Gasteiger partial charge in [-0.15, -0.1) is 0 Å². The molecule has 0 aliphatic heterocycles. The third-order valence-corrected chi connectivity index (χ3v) is 9.12. The molecular formula is C38H60N4O2. The first-order valence-corrected chi connectivity index (χ1v) is 16.9. The van der Waals surface area contributed by atoms with E-state index < -0.39 is 0 Å². The molecule has 0 spiro atoms. The van der Waals surface area contributed by atoms with E-state index in [-0.39, 0.29) is 22.9 Å². The summed E-state index contributed by atoms with van der Waals surface area (Å²) in [6, 6.07) is 8.58. The van der Waals surface area contributed by atoms with Crippen LogP contribution in [-0.4, -0.2) is 70.7 Å². The Morgan fingerprint density at radius 1 is 0.636 bits per heavy atom. The number of hydrogen-bond donors (Lipinski definition) is 2. The number of nitrogens with zero attached hydrogens (tertiary/aromatic N) is 4. The Balaban J connectivity index is 1.95. The van der Waals surface area contributed by atoms with Crippen LogP contribution in [0.2, 0.25) is 0 Å². The second-order valence-electron chi connectivity index (χ2n) is 14.6. The number of hydrogen-bond acceptors (Lipinski definition) is 6. The summed E-state index contributed by atoms with van der Waals surface area (Å²) in [7, 11) is 0. The Hall–Kier alpha value is -2.70. The van der Waals surface area contributed by atoms with Gasteiger partial charge in [0.25, 0.3) is 0 Å². The molecule has 0 unspecified atom stereocenters. The molecule has 2 atom stereocenters. The number of aromatic hydroxyl groups is 2. The standard InChI is InChI=1S/C38H60N4O2/c1-11-41(12-2)25-27-19-29(35(43)31(21-27)37(5,6)7)23-39-33-17-15-16-18-34(33)40-24-30-20-28(26-42(13-3)14-4)22-32(36(30)44)38(8,9)10/h19-24,33-34,43-44H,11-18,25-26H2,1-10H3/t33-,34-/m1/s1. The third kappa shape index (κ3) is 9.40. The van der Waals surface area contributed by atoms with Crippen molar-refractivity contribution < 1.29 is 10.2 Å². The molecule has 0 saturated heterocycles. The van der Waals surface area contributed by atoms with Crippen LogP contribution in [0, 0.1) is 0 Å². The second kappa shape index (κ2) is 15.5. The van der Waals surface area contributed by atoms with Gasteiger partial charge in [-0.05, 0) is 73.1 Å². The molecule has 0 radical (unpaired) electrons. The number of phenols is 2. The highest BCUT2D eigenvalue weighted by atomic mass is 16.3. The molecule has 1 aliphatic carbocycles. The highest BCUT2D eigenvalue weighted by Gasteiger charge is 2.26. The molecule has 0 heterocycles. The Bertz CT molecular complexity index is 1180. The maximum absolute atomic E-state index is 11.3. The Morgan fingerprint density at radius 3 is 1.27 bits per heavy atom. The van der Waals surface area contributed by atoms with Crippen molar-refractivity contribution in [1.29, 1.82) is 0 Å². The van der Waals surface area contributed by atoms with Gasteiger partial charge in [-0.2, -0.15) is 0 Å². The van der Waals surface area contributed by atoms with Gasteiger partial charge >= 0.3 is 0 Å². The first-order chi connectivity index (χ1) is 20.7. The van der Waals surface area contributed by atoms with E-state index in [1.54, 1.807) is 0 Å². The maximum atomic E-state index is 11.3. The minimum atomic E-state index is -0.183. The summed E-state index contributed by atoms with van der Waals surface area (Å²) in [5.74, 6) is 0.648. The zero-order valence-electron chi connectivity index (χ0n) is 29.4. The summed E-state index contributed by atoms with van der Waals surface area (Å²) < 4.78 is 0. The molecule has 2 N–H and O–H groups in total. The summed E-state index contributed by atoms with van der Waals surface area (Å²) in [5, 5.41) is 22.7. The molecule has 2 aromatic rings. The first-order valence-electron chi connectivity index (χ1n) is 16.9. The fraction of sp³-hybridized carbons (Fsp3) is 0.632. The monoisotopic (exact) mass is 604 g/mol. The highest BCUT2D eigenvalue weighted by Crippen LogP contribution is 2.36. The van der Waals surface area contributed by atoms with Crippen LogP contribution >= 0.6 is 0 Å². The Morgan fingerprint density at radius 2 is 0.977 bits per heavy atom. The smallest absolute Gasteiger partial charge is 0.128 e. The molecule has 0 bridgehead atoms. The molecule has 0 amide bonds. The van der Waals surface area contributed by atoms with Gasteiger partial charge in [-0.25, -0.2) is 0 Å². The van der Waals surface area contributed by atoms with Crippen LogP contribution in [0.3, 0.4) is 0 Å². The molecule has 1 aliphatic rings. The fourth-order valence-electron chi connectivity index (χ4n) is 6.16. The molecule has 3 rings (SSSR count). The van der Waals surface area contributed by atoms with Crippen LogP contribution in [0.25, 0.3) is 0 Å². The number of phenolic OH excluding ortho intramolecular Hbond substituents is 2. The van der Waals surface area contributed by atoms with Gasteiger partial charge in [0.15, 0.2) is 0 Å². The fourth-order valence-corrected chi connectivity index (χ4v) is 6.16. The first kappa shape index (κ1) is 35.8. The highest BCUT2D eigenvalue weighted by molar-refractivity contribution is 5.86. The lowest BCUT2D eigenvalue weighted by molar-refractivity contribution is 0.295. The van der Waals surface area contributed by atoms with Crippen molar-refractivity contribution in [3.8, 4) is 11.5 Å². The summed E-state index contributed by atoms with van der Waals surface area (Å²) in [4.78, 5) is 14.9. The lowest BCUT2D eigenvalue weighted by atomic mass is 9.84. The van der Waals surface area contributed by atoms with Crippen LogP contribution in [0.15, 0.2) is 34.3 Å². The molecule has 244 valence electrons. The molecule has 0 aromatic heterocycles. The molecule has 6 heteroatoms. The van der Waals surface area contributed by atoms with E-state index in [4.69, 9.17) is 9.98 Å².